The Bertz CT molecular complexity index is 264. The highest BCUT2D eigenvalue weighted by Crippen LogP contribution is 2.21. The molecule has 0 fully saturated rings. The van der Waals surface area contributed by atoms with E-state index in [4.69, 9.17) is 4.74 Å². The molecule has 0 aromatic carbocycles. The van der Waals surface area contributed by atoms with Gasteiger partial charge in [-0.25, -0.2) is 0 Å². The van der Waals surface area contributed by atoms with Gasteiger partial charge in [-0.3, -0.25) is 9.59 Å². The molecule has 0 saturated carbocycles. The normalized spacial score (nSPS) is 10.9. The lowest BCUT2D eigenvalue weighted by molar-refractivity contribution is -0.154. The van der Waals surface area contributed by atoms with E-state index in [-0.39, 0.29) is 24.8 Å². The molecule has 0 N–H and O–H groups in total. The van der Waals surface area contributed by atoms with Crippen LogP contribution in [0.2, 0.25) is 0 Å². The van der Waals surface area contributed by atoms with Gasteiger partial charge in [0.1, 0.15) is 0 Å². The number of ketones is 1. The van der Waals surface area contributed by atoms with Crippen molar-refractivity contribution in [2.75, 3.05) is 6.61 Å². The fraction of sp³-hybridized carbons (Fsp3) is 0.667. The summed E-state index contributed by atoms with van der Waals surface area (Å²) in [4.78, 5) is 22.6. The molecule has 15 heavy (non-hydrogen) atoms. The van der Waals surface area contributed by atoms with Crippen LogP contribution in [-0.2, 0) is 14.3 Å². The van der Waals surface area contributed by atoms with Crippen molar-refractivity contribution in [3.8, 4) is 0 Å². The van der Waals surface area contributed by atoms with Gasteiger partial charge in [0.2, 0.25) is 0 Å². The highest BCUT2D eigenvalue weighted by atomic mass is 16.5. The quantitative estimate of drug-likeness (QED) is 0.502. The molecular formula is C12H20O3. The van der Waals surface area contributed by atoms with Gasteiger partial charge >= 0.3 is 5.97 Å². The van der Waals surface area contributed by atoms with Crippen molar-refractivity contribution >= 4 is 11.8 Å². The predicted octanol–water partition coefficient (Wildman–Crippen LogP) is 2.50. The fourth-order valence-corrected chi connectivity index (χ4v) is 0.790. The standard InChI is InChI=1S/C12H20O3/c1-6-12(4,5)11(14)15-8-7-10(13)9(2)3/h2,6-8H2,1,3-5H3. The zero-order valence-electron chi connectivity index (χ0n) is 10.1. The van der Waals surface area contributed by atoms with E-state index in [1.165, 1.54) is 0 Å². The van der Waals surface area contributed by atoms with Gasteiger partial charge in [-0.2, -0.15) is 0 Å². The molecule has 0 aromatic heterocycles. The molecule has 0 atom stereocenters. The summed E-state index contributed by atoms with van der Waals surface area (Å²) in [6.07, 6.45) is 0.946. The largest absolute Gasteiger partial charge is 0.465 e. The van der Waals surface area contributed by atoms with Gasteiger partial charge in [-0.05, 0) is 32.8 Å². The van der Waals surface area contributed by atoms with Crippen LogP contribution in [0, 0.1) is 5.41 Å². The van der Waals surface area contributed by atoms with Crippen LogP contribution in [0.3, 0.4) is 0 Å². The van der Waals surface area contributed by atoms with E-state index in [1.54, 1.807) is 6.92 Å². The molecule has 0 aliphatic carbocycles. The molecule has 0 aromatic rings. The number of carbonyl (C=O) groups excluding carboxylic acids is 2. The van der Waals surface area contributed by atoms with Crippen LogP contribution in [0.1, 0.15) is 40.5 Å². The maximum Gasteiger partial charge on any atom is 0.311 e. The summed E-state index contributed by atoms with van der Waals surface area (Å²) in [5.74, 6) is -0.309. The molecule has 0 aliphatic heterocycles. The molecule has 0 heterocycles. The maximum absolute atomic E-state index is 11.5. The first kappa shape index (κ1) is 13.9. The first-order valence-corrected chi connectivity index (χ1v) is 5.17. The minimum atomic E-state index is -0.466. The van der Waals surface area contributed by atoms with E-state index in [1.807, 2.05) is 20.8 Å². The lowest BCUT2D eigenvalue weighted by Gasteiger charge is -2.20. The third-order valence-electron chi connectivity index (χ3n) is 2.47. The fourth-order valence-electron chi connectivity index (χ4n) is 0.790. The third kappa shape index (κ3) is 4.77. The molecule has 3 nitrogen and oxygen atoms in total. The maximum atomic E-state index is 11.5. The Hall–Kier alpha value is -1.12. The lowest BCUT2D eigenvalue weighted by atomic mass is 9.91. The molecule has 86 valence electrons. The van der Waals surface area contributed by atoms with Crippen molar-refractivity contribution in [2.24, 2.45) is 5.41 Å². The number of ether oxygens (including phenoxy) is 1. The van der Waals surface area contributed by atoms with Gasteiger partial charge in [-0.1, -0.05) is 13.5 Å². The van der Waals surface area contributed by atoms with Gasteiger partial charge < -0.3 is 4.74 Å². The number of Topliss-reactive ketones (excluding diaryl/α,β-unsaturated/α-hetero) is 1. The highest BCUT2D eigenvalue weighted by molar-refractivity contribution is 5.94. The average molecular weight is 212 g/mol. The molecule has 3 heteroatoms. The Morgan fingerprint density at radius 2 is 1.87 bits per heavy atom. The lowest BCUT2D eigenvalue weighted by Crippen LogP contribution is -2.26. The highest BCUT2D eigenvalue weighted by Gasteiger charge is 2.26. The number of carbonyl (C=O) groups is 2. The van der Waals surface area contributed by atoms with E-state index in [0.29, 0.717) is 5.57 Å². The van der Waals surface area contributed by atoms with Crippen LogP contribution >= 0.6 is 0 Å². The van der Waals surface area contributed by atoms with Crippen molar-refractivity contribution in [3.63, 3.8) is 0 Å². The first-order valence-electron chi connectivity index (χ1n) is 5.17. The molecule has 0 rings (SSSR count). The van der Waals surface area contributed by atoms with Gasteiger partial charge in [0.05, 0.1) is 12.0 Å². The summed E-state index contributed by atoms with van der Waals surface area (Å²) < 4.78 is 5.02. The van der Waals surface area contributed by atoms with Gasteiger partial charge in [0.15, 0.2) is 5.78 Å². The zero-order chi connectivity index (χ0) is 12.1. The van der Waals surface area contributed by atoms with Crippen LogP contribution in [0.15, 0.2) is 12.2 Å². The number of esters is 1. The Labute approximate surface area is 91.5 Å². The molecule has 0 spiro atoms. The zero-order valence-corrected chi connectivity index (χ0v) is 10.1. The summed E-state index contributed by atoms with van der Waals surface area (Å²) in [5.41, 5.74) is 0.0347. The average Bonchev–Trinajstić information content (AvgIpc) is 2.17. The van der Waals surface area contributed by atoms with Gasteiger partial charge in [0.25, 0.3) is 0 Å². The molecule has 0 radical (unpaired) electrons. The van der Waals surface area contributed by atoms with Crippen molar-refractivity contribution in [1.82, 2.24) is 0 Å². The van der Waals surface area contributed by atoms with Crippen LogP contribution in [0.5, 0.6) is 0 Å². The smallest absolute Gasteiger partial charge is 0.311 e. The number of rotatable bonds is 6. The van der Waals surface area contributed by atoms with Crippen LogP contribution in [0.4, 0.5) is 0 Å². The van der Waals surface area contributed by atoms with Crippen LogP contribution in [0.25, 0.3) is 0 Å². The van der Waals surface area contributed by atoms with E-state index in [9.17, 15) is 9.59 Å². The Morgan fingerprint density at radius 3 is 2.27 bits per heavy atom. The molecule has 0 unspecified atom stereocenters. The second kappa shape index (κ2) is 5.69. The van der Waals surface area contributed by atoms with Crippen molar-refractivity contribution < 1.29 is 14.3 Å². The molecule has 0 saturated heterocycles. The summed E-state index contributed by atoms with van der Waals surface area (Å²) in [7, 11) is 0. The molecule has 0 aliphatic rings. The number of hydrogen-bond donors (Lipinski definition) is 0. The van der Waals surface area contributed by atoms with E-state index in [0.717, 1.165) is 6.42 Å². The number of allylic oxidation sites excluding steroid dienone is 1. The van der Waals surface area contributed by atoms with Crippen LogP contribution in [-0.4, -0.2) is 18.4 Å². The Balaban J connectivity index is 3.93. The second-order valence-corrected chi connectivity index (χ2v) is 4.33. The Kier molecular flexibility index (Phi) is 5.26. The molecule has 0 bridgehead atoms. The van der Waals surface area contributed by atoms with Crippen molar-refractivity contribution in [2.45, 2.75) is 40.5 Å². The monoisotopic (exact) mass is 212 g/mol. The SMILES string of the molecule is C=C(C)C(=O)CCOC(=O)C(C)(C)CC. The predicted molar refractivity (Wildman–Crippen MR) is 59.5 cm³/mol. The van der Waals surface area contributed by atoms with E-state index in [2.05, 4.69) is 6.58 Å². The van der Waals surface area contributed by atoms with Gasteiger partial charge in [0, 0.05) is 6.42 Å². The Morgan fingerprint density at radius 1 is 1.33 bits per heavy atom. The second-order valence-electron chi connectivity index (χ2n) is 4.33. The summed E-state index contributed by atoms with van der Waals surface area (Å²) in [5, 5.41) is 0. The third-order valence-corrected chi connectivity index (χ3v) is 2.47. The molecular weight excluding hydrogens is 192 g/mol. The van der Waals surface area contributed by atoms with Crippen molar-refractivity contribution in [3.05, 3.63) is 12.2 Å². The molecule has 0 amide bonds. The minimum absolute atomic E-state index is 0.0582. The summed E-state index contributed by atoms with van der Waals surface area (Å²) >= 11 is 0. The topological polar surface area (TPSA) is 43.4 Å². The summed E-state index contributed by atoms with van der Waals surface area (Å²) in [6.45, 7) is 10.9. The van der Waals surface area contributed by atoms with E-state index < -0.39 is 5.41 Å². The van der Waals surface area contributed by atoms with Crippen molar-refractivity contribution in [1.29, 1.82) is 0 Å². The van der Waals surface area contributed by atoms with Crippen LogP contribution < -0.4 is 0 Å². The number of hydrogen-bond acceptors (Lipinski definition) is 3. The first-order chi connectivity index (χ1) is 6.81. The summed E-state index contributed by atoms with van der Waals surface area (Å²) in [6, 6.07) is 0. The van der Waals surface area contributed by atoms with Gasteiger partial charge in [-0.15, -0.1) is 0 Å². The minimum Gasteiger partial charge on any atom is -0.465 e. The van der Waals surface area contributed by atoms with E-state index >= 15 is 0 Å².